The van der Waals surface area contributed by atoms with Crippen molar-refractivity contribution in [2.75, 3.05) is 42.9 Å². The normalized spacial score (nSPS) is 19.8. The third-order valence-electron chi connectivity index (χ3n) is 7.52. The van der Waals surface area contributed by atoms with E-state index in [2.05, 4.69) is 16.0 Å². The lowest BCUT2D eigenvalue weighted by molar-refractivity contribution is -0.138. The molecule has 8 nitrogen and oxygen atoms in total. The van der Waals surface area contributed by atoms with Gasteiger partial charge in [0.1, 0.15) is 0 Å². The highest BCUT2D eigenvalue weighted by Crippen LogP contribution is 2.31. The van der Waals surface area contributed by atoms with Crippen LogP contribution >= 0.6 is 11.6 Å². The van der Waals surface area contributed by atoms with Gasteiger partial charge in [0.15, 0.2) is 11.6 Å². The van der Waals surface area contributed by atoms with E-state index in [1.807, 2.05) is 4.90 Å². The van der Waals surface area contributed by atoms with Gasteiger partial charge in [0.05, 0.1) is 35.5 Å². The Morgan fingerprint density at radius 2 is 1.71 bits per heavy atom. The van der Waals surface area contributed by atoms with Crippen LogP contribution in [0.25, 0.3) is 0 Å². The zero-order chi connectivity index (χ0) is 30.4. The Bertz CT molecular complexity index is 1270. The number of carbonyl (C=O) groups excluding carboxylic acids is 2. The van der Waals surface area contributed by atoms with Gasteiger partial charge in [0, 0.05) is 49.9 Å². The maximum absolute atomic E-state index is 15.0. The molecule has 0 aromatic heterocycles. The Morgan fingerprint density at radius 1 is 1.00 bits per heavy atom. The van der Waals surface area contributed by atoms with Crippen LogP contribution in [0.1, 0.15) is 48.0 Å². The first-order valence-electron chi connectivity index (χ1n) is 13.8. The lowest BCUT2D eigenvalue weighted by atomic mass is 9.93. The number of amides is 3. The van der Waals surface area contributed by atoms with E-state index in [0.29, 0.717) is 49.7 Å². The molecule has 14 heteroatoms. The number of aliphatic hydroxyl groups excluding tert-OH is 1. The number of aliphatic hydroxyl groups is 1. The largest absolute Gasteiger partial charge is 0.391 e. The second kappa shape index (κ2) is 13.9. The molecule has 4 N–H and O–H groups in total. The summed E-state index contributed by atoms with van der Waals surface area (Å²) in [6.45, 7) is 1.03. The number of carbonyl (C=O) groups is 2. The smallest absolute Gasteiger partial charge is 0.390 e. The van der Waals surface area contributed by atoms with E-state index in [1.54, 1.807) is 11.0 Å². The summed E-state index contributed by atoms with van der Waals surface area (Å²) < 4.78 is 67.6. The molecule has 2 fully saturated rings. The quantitative estimate of drug-likeness (QED) is 0.311. The summed E-state index contributed by atoms with van der Waals surface area (Å²) in [7, 11) is 0. The van der Waals surface area contributed by atoms with Crippen LogP contribution < -0.4 is 20.9 Å². The van der Waals surface area contributed by atoms with Gasteiger partial charge < -0.3 is 26.0 Å². The predicted molar refractivity (Wildman–Crippen MR) is 149 cm³/mol. The predicted octanol–water partition coefficient (Wildman–Crippen LogP) is 5.05. The lowest BCUT2D eigenvalue weighted by Crippen LogP contribution is -2.48. The fourth-order valence-electron chi connectivity index (χ4n) is 5.13. The summed E-state index contributed by atoms with van der Waals surface area (Å²) in [5, 5.41) is 18.0. The number of urea groups is 1. The molecule has 0 radical (unpaired) electrons. The second-order valence-electron chi connectivity index (χ2n) is 10.5. The van der Waals surface area contributed by atoms with Crippen LogP contribution in [-0.4, -0.2) is 73.0 Å². The third-order valence-corrected chi connectivity index (χ3v) is 7.76. The number of nitrogens with zero attached hydrogens (tertiary/aromatic N) is 2. The molecule has 2 aromatic carbocycles. The standard InChI is InChI=1S/C28H33ClF5N5O3/c29-18-6-8-20(22(15-18)39-13-11-38(12-14-39)10-9-28(32,33)34)36-26(41)19-7-5-17(24(30)25(19)31)16-35-27(42)37-21-3-1-2-4-23(21)40/h5-8,15,21,23,40H,1-4,9-14,16H2,(H,36,41)(H2,35,37,42)/t21-,23+/m1/s1. The summed E-state index contributed by atoms with van der Waals surface area (Å²) in [6.07, 6.45) is -2.87. The van der Waals surface area contributed by atoms with Crippen molar-refractivity contribution in [3.8, 4) is 0 Å². The minimum Gasteiger partial charge on any atom is -0.391 e. The monoisotopic (exact) mass is 617 g/mol. The Morgan fingerprint density at radius 3 is 2.40 bits per heavy atom. The fourth-order valence-corrected chi connectivity index (χ4v) is 5.30. The molecule has 2 atom stereocenters. The molecule has 0 unspecified atom stereocenters. The van der Waals surface area contributed by atoms with E-state index < -0.39 is 53.9 Å². The maximum Gasteiger partial charge on any atom is 0.390 e. The number of anilines is 2. The number of alkyl halides is 3. The van der Waals surface area contributed by atoms with Gasteiger partial charge in [-0.25, -0.2) is 13.6 Å². The molecule has 0 bridgehead atoms. The van der Waals surface area contributed by atoms with Crippen LogP contribution in [0, 0.1) is 11.6 Å². The average molecular weight is 618 g/mol. The number of rotatable bonds is 8. The van der Waals surface area contributed by atoms with Gasteiger partial charge in [0.25, 0.3) is 5.91 Å². The number of piperazine rings is 1. The minimum atomic E-state index is -4.24. The topological polar surface area (TPSA) is 96.9 Å². The highest BCUT2D eigenvalue weighted by Gasteiger charge is 2.29. The number of benzene rings is 2. The second-order valence-corrected chi connectivity index (χ2v) is 10.9. The van der Waals surface area contributed by atoms with Crippen molar-refractivity contribution in [2.45, 2.75) is 57.0 Å². The van der Waals surface area contributed by atoms with Crippen LogP contribution in [0.15, 0.2) is 30.3 Å². The van der Waals surface area contributed by atoms with Gasteiger partial charge >= 0.3 is 12.2 Å². The summed E-state index contributed by atoms with van der Waals surface area (Å²) in [5.74, 6) is -3.59. The van der Waals surface area contributed by atoms with Gasteiger partial charge in [-0.05, 0) is 37.1 Å². The molecule has 0 spiro atoms. The van der Waals surface area contributed by atoms with E-state index in [0.717, 1.165) is 18.9 Å². The fraction of sp³-hybridized carbons (Fsp3) is 0.500. The van der Waals surface area contributed by atoms with Crippen LogP contribution in [0.3, 0.4) is 0 Å². The molecule has 230 valence electrons. The highest BCUT2D eigenvalue weighted by atomic mass is 35.5. The summed E-state index contributed by atoms with van der Waals surface area (Å²) >= 11 is 6.16. The van der Waals surface area contributed by atoms with Gasteiger partial charge in [-0.1, -0.05) is 30.5 Å². The van der Waals surface area contributed by atoms with Gasteiger partial charge in [-0.2, -0.15) is 13.2 Å². The van der Waals surface area contributed by atoms with Gasteiger partial charge in [0.2, 0.25) is 0 Å². The molecular weight excluding hydrogens is 585 g/mol. The van der Waals surface area contributed by atoms with E-state index in [1.165, 1.54) is 18.2 Å². The molecule has 4 rings (SSSR count). The third kappa shape index (κ3) is 8.45. The van der Waals surface area contributed by atoms with Crippen molar-refractivity contribution in [3.05, 3.63) is 58.1 Å². The lowest BCUT2D eigenvalue weighted by Gasteiger charge is -2.37. The first-order valence-corrected chi connectivity index (χ1v) is 14.1. The van der Waals surface area contributed by atoms with Gasteiger partial charge in [-0.15, -0.1) is 0 Å². The van der Waals surface area contributed by atoms with E-state index in [4.69, 9.17) is 11.6 Å². The first kappa shape index (κ1) is 31.8. The molecule has 2 aliphatic rings. The Hall–Kier alpha value is -3.16. The number of halogens is 6. The minimum absolute atomic E-state index is 0.110. The Labute approximate surface area is 245 Å². The molecule has 3 amide bonds. The molecule has 2 aromatic rings. The molecule has 1 saturated carbocycles. The highest BCUT2D eigenvalue weighted by molar-refractivity contribution is 6.31. The SMILES string of the molecule is O=C(NCc1ccc(C(=O)Nc2ccc(Cl)cc2N2CCN(CCC(F)(F)F)CC2)c(F)c1F)N[C@@H]1CCCC[C@@H]1O. The zero-order valence-corrected chi connectivity index (χ0v) is 23.5. The van der Waals surface area contributed by atoms with Crippen molar-refractivity contribution in [2.24, 2.45) is 0 Å². The number of nitrogens with one attached hydrogen (secondary N) is 3. The summed E-state index contributed by atoms with van der Waals surface area (Å²) in [5.41, 5.74) is 0.0604. The molecule has 1 heterocycles. The van der Waals surface area contributed by atoms with Crippen molar-refractivity contribution >= 4 is 34.9 Å². The first-order chi connectivity index (χ1) is 19.9. The Balaban J connectivity index is 1.38. The Kier molecular flexibility index (Phi) is 10.5. The van der Waals surface area contributed by atoms with Crippen LogP contribution in [0.4, 0.5) is 38.1 Å². The van der Waals surface area contributed by atoms with Gasteiger partial charge in [-0.3, -0.25) is 9.69 Å². The van der Waals surface area contributed by atoms with Crippen molar-refractivity contribution in [1.82, 2.24) is 15.5 Å². The van der Waals surface area contributed by atoms with Crippen LogP contribution in [-0.2, 0) is 6.54 Å². The summed E-state index contributed by atoms with van der Waals surface area (Å²) in [6, 6.07) is 5.89. The van der Waals surface area contributed by atoms with Crippen LogP contribution in [0.5, 0.6) is 0 Å². The molecule has 1 saturated heterocycles. The summed E-state index contributed by atoms with van der Waals surface area (Å²) in [4.78, 5) is 28.7. The van der Waals surface area contributed by atoms with Crippen molar-refractivity contribution < 1.29 is 36.6 Å². The van der Waals surface area contributed by atoms with E-state index in [-0.39, 0.29) is 24.3 Å². The van der Waals surface area contributed by atoms with E-state index in [9.17, 15) is 36.6 Å². The maximum atomic E-state index is 15.0. The number of hydrogen-bond donors (Lipinski definition) is 4. The van der Waals surface area contributed by atoms with Crippen molar-refractivity contribution in [3.63, 3.8) is 0 Å². The van der Waals surface area contributed by atoms with Crippen LogP contribution in [0.2, 0.25) is 5.02 Å². The zero-order valence-electron chi connectivity index (χ0n) is 22.7. The van der Waals surface area contributed by atoms with E-state index >= 15 is 0 Å². The van der Waals surface area contributed by atoms with Crippen molar-refractivity contribution in [1.29, 1.82) is 0 Å². The molecule has 1 aliphatic carbocycles. The molecule has 1 aliphatic heterocycles. The number of hydrogen-bond acceptors (Lipinski definition) is 5. The molecule has 42 heavy (non-hydrogen) atoms. The average Bonchev–Trinajstić information content (AvgIpc) is 2.95. The molecular formula is C28H33ClF5N5O3.